The molecule has 0 aromatic heterocycles. The molecule has 3 nitrogen and oxygen atoms in total. The number of halogens is 1. The molecule has 0 aliphatic carbocycles. The van der Waals surface area contributed by atoms with E-state index in [9.17, 15) is 9.65 Å². The van der Waals surface area contributed by atoms with Crippen LogP contribution in [-0.4, -0.2) is 14.2 Å². The number of nitrogens with zero attached hydrogens (tertiary/aromatic N) is 1. The molecule has 2 aromatic carbocycles. The van der Waals surface area contributed by atoms with Crippen LogP contribution in [0.2, 0.25) is 0 Å². The molecule has 2 aromatic rings. The van der Waals surface area contributed by atoms with Crippen molar-refractivity contribution in [1.29, 1.82) is 5.26 Å². The van der Waals surface area contributed by atoms with E-state index >= 15 is 0 Å². The van der Waals surface area contributed by atoms with Crippen LogP contribution in [0.4, 0.5) is 4.39 Å². The molecule has 0 aliphatic heterocycles. The molecule has 0 bridgehead atoms. The van der Waals surface area contributed by atoms with E-state index in [2.05, 4.69) is 0 Å². The number of ether oxygens (including phenoxy) is 2. The maximum atomic E-state index is 14.5. The van der Waals surface area contributed by atoms with Gasteiger partial charge in [0.2, 0.25) is 0 Å². The van der Waals surface area contributed by atoms with E-state index in [0.717, 1.165) is 5.56 Å². The van der Waals surface area contributed by atoms with Gasteiger partial charge in [0.1, 0.15) is 0 Å². The zero-order valence-electron chi connectivity index (χ0n) is 11.8. The van der Waals surface area contributed by atoms with Gasteiger partial charge >= 0.3 is 0 Å². The standard InChI is InChI=1S/C17H14FNO2/c1-20-15-9-8-14(16(18)17(15)21-2)13(11-19)10-12-6-4-3-5-7-12/h3-10H,1-2H3. The summed E-state index contributed by atoms with van der Waals surface area (Å²) in [7, 11) is 2.79. The highest BCUT2D eigenvalue weighted by atomic mass is 19.1. The highest BCUT2D eigenvalue weighted by Gasteiger charge is 2.17. The molecule has 21 heavy (non-hydrogen) atoms. The van der Waals surface area contributed by atoms with Gasteiger partial charge in [0.05, 0.1) is 25.9 Å². The second-order valence-electron chi connectivity index (χ2n) is 4.24. The van der Waals surface area contributed by atoms with Crippen molar-refractivity contribution in [2.24, 2.45) is 0 Å². The maximum absolute atomic E-state index is 14.5. The Morgan fingerprint density at radius 1 is 1.10 bits per heavy atom. The summed E-state index contributed by atoms with van der Waals surface area (Å²) in [4.78, 5) is 0. The molecule has 0 saturated carbocycles. The zero-order valence-corrected chi connectivity index (χ0v) is 11.8. The molecule has 0 unspecified atom stereocenters. The number of benzene rings is 2. The van der Waals surface area contributed by atoms with Crippen molar-refractivity contribution >= 4 is 11.6 Å². The predicted octanol–water partition coefficient (Wildman–Crippen LogP) is 3.91. The predicted molar refractivity (Wildman–Crippen MR) is 79.4 cm³/mol. The van der Waals surface area contributed by atoms with Gasteiger partial charge in [-0.05, 0) is 23.8 Å². The van der Waals surface area contributed by atoms with Crippen molar-refractivity contribution in [2.45, 2.75) is 0 Å². The number of nitriles is 1. The Bertz CT molecular complexity index is 703. The first-order chi connectivity index (χ1) is 10.2. The second kappa shape index (κ2) is 6.58. The third-order valence-corrected chi connectivity index (χ3v) is 3.01. The van der Waals surface area contributed by atoms with Crippen LogP contribution in [0.1, 0.15) is 11.1 Å². The topological polar surface area (TPSA) is 42.2 Å². The van der Waals surface area contributed by atoms with Crippen LogP contribution >= 0.6 is 0 Å². The lowest BCUT2D eigenvalue weighted by atomic mass is 10.0. The van der Waals surface area contributed by atoms with E-state index in [0.29, 0.717) is 0 Å². The van der Waals surface area contributed by atoms with Crippen molar-refractivity contribution in [3.8, 4) is 17.6 Å². The molecule has 4 heteroatoms. The van der Waals surface area contributed by atoms with E-state index < -0.39 is 5.82 Å². The van der Waals surface area contributed by atoms with Crippen LogP contribution in [0.25, 0.3) is 11.6 Å². The van der Waals surface area contributed by atoms with Gasteiger partial charge in [-0.2, -0.15) is 5.26 Å². The van der Waals surface area contributed by atoms with Crippen molar-refractivity contribution < 1.29 is 13.9 Å². The Labute approximate surface area is 122 Å². The van der Waals surface area contributed by atoms with Gasteiger partial charge in [-0.25, -0.2) is 4.39 Å². The van der Waals surface area contributed by atoms with Crippen LogP contribution in [-0.2, 0) is 0 Å². The molecule has 0 saturated heterocycles. The lowest BCUT2D eigenvalue weighted by Gasteiger charge is -2.11. The number of hydrogen-bond donors (Lipinski definition) is 0. The highest BCUT2D eigenvalue weighted by molar-refractivity contribution is 5.90. The summed E-state index contributed by atoms with van der Waals surface area (Å²) in [6.45, 7) is 0. The SMILES string of the molecule is COc1ccc(C(C#N)=Cc2ccccc2)c(F)c1OC. The average Bonchev–Trinajstić information content (AvgIpc) is 2.53. The lowest BCUT2D eigenvalue weighted by Crippen LogP contribution is -1.97. The number of rotatable bonds is 4. The molecular weight excluding hydrogens is 269 g/mol. The van der Waals surface area contributed by atoms with Gasteiger partial charge in [-0.1, -0.05) is 30.3 Å². The van der Waals surface area contributed by atoms with Gasteiger partial charge < -0.3 is 9.47 Å². The van der Waals surface area contributed by atoms with Gasteiger partial charge in [0.25, 0.3) is 0 Å². The van der Waals surface area contributed by atoms with Crippen LogP contribution in [0.5, 0.6) is 11.5 Å². The van der Waals surface area contributed by atoms with E-state index in [-0.39, 0.29) is 22.6 Å². The Morgan fingerprint density at radius 3 is 2.38 bits per heavy atom. The first-order valence-electron chi connectivity index (χ1n) is 6.29. The first-order valence-corrected chi connectivity index (χ1v) is 6.29. The Balaban J connectivity index is 2.54. The summed E-state index contributed by atoms with van der Waals surface area (Å²) in [6, 6.07) is 14.4. The van der Waals surface area contributed by atoms with Gasteiger partial charge in [-0.3, -0.25) is 0 Å². The molecule has 0 amide bonds. The number of hydrogen-bond acceptors (Lipinski definition) is 3. The Morgan fingerprint density at radius 2 is 1.81 bits per heavy atom. The minimum Gasteiger partial charge on any atom is -0.493 e. The number of allylic oxidation sites excluding steroid dienone is 1. The highest BCUT2D eigenvalue weighted by Crippen LogP contribution is 2.35. The summed E-state index contributed by atoms with van der Waals surface area (Å²) >= 11 is 0. The fourth-order valence-corrected chi connectivity index (χ4v) is 1.98. The minimum atomic E-state index is -0.611. The quantitative estimate of drug-likeness (QED) is 0.631. The second-order valence-corrected chi connectivity index (χ2v) is 4.24. The largest absolute Gasteiger partial charge is 0.493 e. The third kappa shape index (κ3) is 3.03. The molecule has 0 aliphatic rings. The average molecular weight is 283 g/mol. The van der Waals surface area contributed by atoms with Crippen molar-refractivity contribution in [3.05, 3.63) is 59.4 Å². The summed E-state index contributed by atoms with van der Waals surface area (Å²) in [5.41, 5.74) is 1.22. The van der Waals surface area contributed by atoms with E-state index in [1.807, 2.05) is 36.4 Å². The lowest BCUT2D eigenvalue weighted by molar-refractivity contribution is 0.337. The normalized spacial score (nSPS) is 10.9. The molecular formula is C17H14FNO2. The maximum Gasteiger partial charge on any atom is 0.197 e. The van der Waals surface area contributed by atoms with Crippen LogP contribution in [0, 0.1) is 17.1 Å². The fourth-order valence-electron chi connectivity index (χ4n) is 1.98. The van der Waals surface area contributed by atoms with Crippen LogP contribution < -0.4 is 9.47 Å². The zero-order chi connectivity index (χ0) is 15.2. The van der Waals surface area contributed by atoms with Gasteiger partial charge in [-0.15, -0.1) is 0 Å². The fraction of sp³-hybridized carbons (Fsp3) is 0.118. The molecule has 0 atom stereocenters. The van der Waals surface area contributed by atoms with Crippen molar-refractivity contribution in [2.75, 3.05) is 14.2 Å². The monoisotopic (exact) mass is 283 g/mol. The third-order valence-electron chi connectivity index (χ3n) is 3.01. The molecule has 106 valence electrons. The minimum absolute atomic E-state index is 0.00999. The van der Waals surface area contributed by atoms with Crippen LogP contribution in [0.3, 0.4) is 0 Å². The Hall–Kier alpha value is -2.80. The van der Waals surface area contributed by atoms with Gasteiger partial charge in [0.15, 0.2) is 17.3 Å². The van der Waals surface area contributed by atoms with Crippen LogP contribution in [0.15, 0.2) is 42.5 Å². The van der Waals surface area contributed by atoms with E-state index in [1.54, 1.807) is 12.1 Å². The molecule has 0 heterocycles. The first kappa shape index (κ1) is 14.6. The Kier molecular flexibility index (Phi) is 4.57. The summed E-state index contributed by atoms with van der Waals surface area (Å²) < 4.78 is 24.5. The van der Waals surface area contributed by atoms with Crippen molar-refractivity contribution in [3.63, 3.8) is 0 Å². The van der Waals surface area contributed by atoms with Crippen molar-refractivity contribution in [1.82, 2.24) is 0 Å². The molecule has 0 spiro atoms. The summed E-state index contributed by atoms with van der Waals surface area (Å²) in [6.07, 6.45) is 1.63. The molecule has 2 rings (SSSR count). The molecule has 0 fully saturated rings. The van der Waals surface area contributed by atoms with E-state index in [1.165, 1.54) is 20.3 Å². The molecule has 0 N–H and O–H groups in total. The molecule has 0 radical (unpaired) electrons. The summed E-state index contributed by atoms with van der Waals surface area (Å²) in [5.74, 6) is -0.333. The van der Waals surface area contributed by atoms with Gasteiger partial charge in [0, 0.05) is 5.56 Å². The van der Waals surface area contributed by atoms with E-state index in [4.69, 9.17) is 9.47 Å². The smallest absolute Gasteiger partial charge is 0.197 e. The number of methoxy groups -OCH3 is 2. The summed E-state index contributed by atoms with van der Waals surface area (Å²) in [5, 5.41) is 9.30.